The van der Waals surface area contributed by atoms with Crippen LogP contribution in [0.15, 0.2) is 54.1 Å². The van der Waals surface area contributed by atoms with Crippen LogP contribution in [-0.2, 0) is 0 Å². The molecule has 0 bridgehead atoms. The number of ether oxygens (including phenoxy) is 2. The lowest BCUT2D eigenvalue weighted by molar-refractivity contribution is 0.237. The lowest BCUT2D eigenvalue weighted by Crippen LogP contribution is -2.25. The number of benzene rings is 2. The normalized spacial score (nSPS) is 16.6. The summed E-state index contributed by atoms with van der Waals surface area (Å²) in [4.78, 5) is 4.98. The van der Waals surface area contributed by atoms with Crippen molar-refractivity contribution in [1.82, 2.24) is 9.80 Å². The number of allylic oxidation sites excluding steroid dienone is 1. The number of nitrogens with zero attached hydrogens (tertiary/aromatic N) is 2. The summed E-state index contributed by atoms with van der Waals surface area (Å²) in [6.45, 7) is 12.9. The van der Waals surface area contributed by atoms with Crippen LogP contribution in [0.4, 0.5) is 0 Å². The molecule has 2 fully saturated rings. The Morgan fingerprint density at radius 2 is 1.00 bits per heavy atom. The van der Waals surface area contributed by atoms with Gasteiger partial charge in [0.1, 0.15) is 24.7 Å². The van der Waals surface area contributed by atoms with Crippen LogP contribution in [0.5, 0.6) is 11.5 Å². The van der Waals surface area contributed by atoms with E-state index in [0.717, 1.165) is 50.6 Å². The molecule has 2 saturated heterocycles. The molecule has 0 N–H and O–H groups in total. The van der Waals surface area contributed by atoms with Gasteiger partial charge in [0.25, 0.3) is 0 Å². The molecule has 2 aromatic rings. The minimum atomic E-state index is 0.760. The zero-order valence-electron chi connectivity index (χ0n) is 21.2. The first-order valence-corrected chi connectivity index (χ1v) is 13.4. The van der Waals surface area contributed by atoms with E-state index in [1.165, 1.54) is 74.1 Å². The molecule has 0 aliphatic carbocycles. The fourth-order valence-corrected chi connectivity index (χ4v) is 5.21. The minimum Gasteiger partial charge on any atom is -0.492 e. The van der Waals surface area contributed by atoms with E-state index in [4.69, 9.17) is 9.47 Å². The van der Waals surface area contributed by atoms with Crippen molar-refractivity contribution in [2.75, 3.05) is 52.5 Å². The molecule has 2 aliphatic rings. The van der Waals surface area contributed by atoms with E-state index in [9.17, 15) is 0 Å². The maximum atomic E-state index is 6.03. The fourth-order valence-electron chi connectivity index (χ4n) is 5.21. The molecule has 0 saturated carbocycles. The molecule has 2 aliphatic heterocycles. The third kappa shape index (κ3) is 6.86. The van der Waals surface area contributed by atoms with Gasteiger partial charge >= 0.3 is 0 Å². The van der Waals surface area contributed by atoms with Crippen molar-refractivity contribution in [1.29, 1.82) is 0 Å². The van der Waals surface area contributed by atoms with Crippen molar-refractivity contribution < 1.29 is 9.47 Å². The van der Waals surface area contributed by atoms with Gasteiger partial charge in [-0.05, 0) is 106 Å². The Bertz CT molecular complexity index is 819. The van der Waals surface area contributed by atoms with Gasteiger partial charge in [-0.15, -0.1) is 0 Å². The van der Waals surface area contributed by atoms with Crippen LogP contribution in [0.3, 0.4) is 0 Å². The molecule has 0 atom stereocenters. The Labute approximate surface area is 206 Å². The van der Waals surface area contributed by atoms with Gasteiger partial charge in [0, 0.05) is 13.1 Å². The zero-order valence-corrected chi connectivity index (χ0v) is 21.2. The molecule has 2 aromatic carbocycles. The van der Waals surface area contributed by atoms with Crippen molar-refractivity contribution in [2.45, 2.75) is 52.4 Å². The third-order valence-electron chi connectivity index (χ3n) is 7.24. The molecule has 4 rings (SSSR count). The molecule has 184 valence electrons. The molecule has 0 spiro atoms. The smallest absolute Gasteiger partial charge is 0.119 e. The predicted octanol–water partition coefficient (Wildman–Crippen LogP) is 6.26. The summed E-state index contributed by atoms with van der Waals surface area (Å²) in [6.07, 6.45) is 7.40. The average Bonchev–Trinajstić information content (AvgIpc) is 3.59. The summed E-state index contributed by atoms with van der Waals surface area (Å²) < 4.78 is 12.1. The molecule has 0 radical (unpaired) electrons. The lowest BCUT2D eigenvalue weighted by atomic mass is 9.90. The van der Waals surface area contributed by atoms with E-state index in [-0.39, 0.29) is 0 Å². The monoisotopic (exact) mass is 462 g/mol. The molecule has 2 heterocycles. The topological polar surface area (TPSA) is 24.9 Å². The Morgan fingerprint density at radius 1 is 0.618 bits per heavy atom. The molecule has 0 unspecified atom stereocenters. The first kappa shape index (κ1) is 24.8. The third-order valence-corrected chi connectivity index (χ3v) is 7.24. The molecule has 0 amide bonds. The van der Waals surface area contributed by atoms with Crippen LogP contribution in [0.1, 0.15) is 63.5 Å². The molecular formula is C30H42N2O2. The summed E-state index contributed by atoms with van der Waals surface area (Å²) in [5, 5.41) is 0. The van der Waals surface area contributed by atoms with E-state index in [1.807, 2.05) is 0 Å². The van der Waals surface area contributed by atoms with Gasteiger partial charge < -0.3 is 9.47 Å². The Hall–Kier alpha value is -2.30. The number of hydrogen-bond acceptors (Lipinski definition) is 4. The standard InChI is InChI=1S/C30H42N2O2/c1-3-25(4-2)30(26-9-13-28(14-10-26)33-23-21-31-17-5-6-18-31)27-11-15-29(16-12-27)34-24-22-32-19-7-8-20-32/h9-16H,3-8,17-24H2,1-2H3. The maximum Gasteiger partial charge on any atom is 0.119 e. The second kappa shape index (κ2) is 13.0. The largest absolute Gasteiger partial charge is 0.492 e. The summed E-state index contributed by atoms with van der Waals surface area (Å²) in [7, 11) is 0. The van der Waals surface area contributed by atoms with Crippen LogP contribution in [-0.4, -0.2) is 62.3 Å². The first-order valence-electron chi connectivity index (χ1n) is 13.4. The van der Waals surface area contributed by atoms with Crippen LogP contribution in [0.25, 0.3) is 5.57 Å². The highest BCUT2D eigenvalue weighted by Crippen LogP contribution is 2.32. The van der Waals surface area contributed by atoms with E-state index in [2.05, 4.69) is 72.2 Å². The quantitative estimate of drug-likeness (QED) is 0.372. The first-order chi connectivity index (χ1) is 16.8. The van der Waals surface area contributed by atoms with Gasteiger partial charge in [-0.3, -0.25) is 9.80 Å². The number of rotatable bonds is 12. The summed E-state index contributed by atoms with van der Waals surface area (Å²) in [5.41, 5.74) is 5.34. The van der Waals surface area contributed by atoms with Crippen molar-refractivity contribution >= 4 is 5.57 Å². The molecule has 0 aromatic heterocycles. The zero-order chi connectivity index (χ0) is 23.6. The van der Waals surface area contributed by atoms with Crippen molar-refractivity contribution in [3.05, 3.63) is 65.2 Å². The fraction of sp³-hybridized carbons (Fsp3) is 0.533. The molecule has 4 heteroatoms. The summed E-state index contributed by atoms with van der Waals surface area (Å²) in [6, 6.07) is 17.4. The maximum absolute atomic E-state index is 6.03. The van der Waals surface area contributed by atoms with Crippen LogP contribution in [0, 0.1) is 0 Å². The van der Waals surface area contributed by atoms with Gasteiger partial charge in [0.15, 0.2) is 0 Å². The summed E-state index contributed by atoms with van der Waals surface area (Å²) in [5.74, 6) is 1.91. The molecule has 4 nitrogen and oxygen atoms in total. The highest BCUT2D eigenvalue weighted by atomic mass is 16.5. The van der Waals surface area contributed by atoms with E-state index < -0.39 is 0 Å². The highest BCUT2D eigenvalue weighted by Gasteiger charge is 2.13. The van der Waals surface area contributed by atoms with E-state index >= 15 is 0 Å². The summed E-state index contributed by atoms with van der Waals surface area (Å²) >= 11 is 0. The van der Waals surface area contributed by atoms with Gasteiger partial charge in [-0.2, -0.15) is 0 Å². The van der Waals surface area contributed by atoms with Crippen LogP contribution < -0.4 is 9.47 Å². The minimum absolute atomic E-state index is 0.760. The Morgan fingerprint density at radius 3 is 1.35 bits per heavy atom. The van der Waals surface area contributed by atoms with Crippen molar-refractivity contribution in [2.24, 2.45) is 0 Å². The number of likely N-dealkylation sites (tertiary alicyclic amines) is 2. The average molecular weight is 463 g/mol. The van der Waals surface area contributed by atoms with E-state index in [0.29, 0.717) is 0 Å². The second-order valence-electron chi connectivity index (χ2n) is 9.53. The van der Waals surface area contributed by atoms with Gasteiger partial charge in [0.2, 0.25) is 0 Å². The second-order valence-corrected chi connectivity index (χ2v) is 9.53. The predicted molar refractivity (Wildman–Crippen MR) is 142 cm³/mol. The van der Waals surface area contributed by atoms with Gasteiger partial charge in [-0.1, -0.05) is 43.7 Å². The van der Waals surface area contributed by atoms with Crippen molar-refractivity contribution in [3.8, 4) is 11.5 Å². The molecular weight excluding hydrogens is 420 g/mol. The van der Waals surface area contributed by atoms with Crippen molar-refractivity contribution in [3.63, 3.8) is 0 Å². The highest BCUT2D eigenvalue weighted by molar-refractivity contribution is 5.82. The number of hydrogen-bond donors (Lipinski definition) is 0. The SMILES string of the molecule is CCC(CC)=C(c1ccc(OCCN2CCCC2)cc1)c1ccc(OCCN2CCCC2)cc1. The lowest BCUT2D eigenvalue weighted by Gasteiger charge is -2.17. The van der Waals surface area contributed by atoms with E-state index in [1.54, 1.807) is 0 Å². The van der Waals surface area contributed by atoms with Crippen LogP contribution in [0.2, 0.25) is 0 Å². The Balaban J connectivity index is 1.39. The molecule has 34 heavy (non-hydrogen) atoms. The van der Waals surface area contributed by atoms with Gasteiger partial charge in [0.05, 0.1) is 0 Å². The van der Waals surface area contributed by atoms with Crippen LogP contribution >= 0.6 is 0 Å². The van der Waals surface area contributed by atoms with Gasteiger partial charge in [-0.25, -0.2) is 0 Å². The Kier molecular flexibility index (Phi) is 9.46.